The second-order valence-electron chi connectivity index (χ2n) is 5.31. The molecule has 1 aliphatic heterocycles. The maximum atomic E-state index is 13.1. The third-order valence-corrected chi connectivity index (χ3v) is 3.75. The lowest BCUT2D eigenvalue weighted by Gasteiger charge is -2.35. The van der Waals surface area contributed by atoms with E-state index in [4.69, 9.17) is 4.74 Å². The number of hydrogen-bond acceptors (Lipinski definition) is 3. The first-order valence-corrected chi connectivity index (χ1v) is 7.13. The minimum absolute atomic E-state index is 0.0524. The van der Waals surface area contributed by atoms with E-state index in [1.807, 2.05) is 36.2 Å². The third-order valence-electron chi connectivity index (χ3n) is 3.75. The highest BCUT2D eigenvalue weighted by Gasteiger charge is 2.26. The van der Waals surface area contributed by atoms with Gasteiger partial charge in [-0.1, -0.05) is 18.2 Å². The van der Waals surface area contributed by atoms with Crippen molar-refractivity contribution in [2.45, 2.75) is 12.5 Å². The molecule has 0 radical (unpaired) electrons. The molecule has 22 heavy (non-hydrogen) atoms. The molecule has 4 nitrogen and oxygen atoms in total. The molecule has 0 spiro atoms. The topological polar surface area (TPSA) is 41.6 Å². The van der Waals surface area contributed by atoms with Crippen molar-refractivity contribution in [3.05, 3.63) is 54.3 Å². The Morgan fingerprint density at radius 1 is 1.32 bits per heavy atom. The van der Waals surface area contributed by atoms with Crippen molar-refractivity contribution in [2.24, 2.45) is 0 Å². The average molecular weight is 300 g/mol. The third kappa shape index (κ3) is 3.03. The summed E-state index contributed by atoms with van der Waals surface area (Å²) in [7, 11) is 1.95. The van der Waals surface area contributed by atoms with Gasteiger partial charge in [0.05, 0.1) is 18.2 Å². The fraction of sp³-hybridized carbons (Fsp3) is 0.235. The lowest BCUT2D eigenvalue weighted by Crippen LogP contribution is -2.42. The highest BCUT2D eigenvalue weighted by Crippen LogP contribution is 2.33. The number of likely N-dealkylation sites (N-methyl/N-ethyl adjacent to an activating group) is 1. The van der Waals surface area contributed by atoms with Crippen LogP contribution in [0.15, 0.2) is 48.5 Å². The van der Waals surface area contributed by atoms with Gasteiger partial charge in [-0.3, -0.25) is 4.79 Å². The molecule has 0 bridgehead atoms. The summed E-state index contributed by atoms with van der Waals surface area (Å²) < 4.78 is 18.8. The van der Waals surface area contributed by atoms with Crippen LogP contribution in [0.3, 0.4) is 0 Å². The predicted octanol–water partition coefficient (Wildman–Crippen LogP) is 3.05. The van der Waals surface area contributed by atoms with Crippen molar-refractivity contribution in [2.75, 3.05) is 23.9 Å². The zero-order valence-corrected chi connectivity index (χ0v) is 12.3. The molecular weight excluding hydrogens is 283 g/mol. The van der Waals surface area contributed by atoms with Crippen LogP contribution in [-0.4, -0.2) is 25.6 Å². The van der Waals surface area contributed by atoms with Gasteiger partial charge in [0.2, 0.25) is 5.91 Å². The number of fused-ring (bicyclic) bond motifs is 1. The van der Waals surface area contributed by atoms with Crippen LogP contribution in [0.4, 0.5) is 15.8 Å². The van der Waals surface area contributed by atoms with Gasteiger partial charge < -0.3 is 15.0 Å². The first kappa shape index (κ1) is 14.4. The molecule has 1 heterocycles. The molecule has 0 saturated carbocycles. The normalized spacial score (nSPS) is 16.6. The van der Waals surface area contributed by atoms with E-state index in [0.29, 0.717) is 12.3 Å². The van der Waals surface area contributed by atoms with E-state index in [0.717, 1.165) is 11.4 Å². The van der Waals surface area contributed by atoms with Crippen LogP contribution in [-0.2, 0) is 4.79 Å². The molecule has 1 atom stereocenters. The predicted molar refractivity (Wildman–Crippen MR) is 83.8 cm³/mol. The van der Waals surface area contributed by atoms with Crippen molar-refractivity contribution in [1.82, 2.24) is 0 Å². The molecule has 5 heteroatoms. The van der Waals surface area contributed by atoms with Crippen LogP contribution < -0.4 is 15.0 Å². The minimum Gasteiger partial charge on any atom is -0.489 e. The summed E-state index contributed by atoms with van der Waals surface area (Å²) in [6.45, 7) is 0.448. The molecule has 3 rings (SSSR count). The van der Waals surface area contributed by atoms with Gasteiger partial charge in [0.15, 0.2) is 0 Å². The van der Waals surface area contributed by atoms with Crippen molar-refractivity contribution < 1.29 is 13.9 Å². The second-order valence-corrected chi connectivity index (χ2v) is 5.31. The Kier molecular flexibility index (Phi) is 3.96. The first-order valence-electron chi connectivity index (χ1n) is 7.13. The molecular formula is C17H17FN2O2. The number of ether oxygens (including phenoxy) is 1. The molecule has 1 N–H and O–H groups in total. The molecule has 2 aromatic rings. The Labute approximate surface area is 128 Å². The number of carbonyl (C=O) groups excluding carboxylic acids is 1. The standard InChI is InChI=1S/C17H17FN2O2/c1-20-14(11-22-16-8-3-2-7-15(16)20)10-17(21)19-13-6-4-5-12(18)9-13/h2-9,14H,10-11H2,1H3,(H,19,21). The smallest absolute Gasteiger partial charge is 0.226 e. The highest BCUT2D eigenvalue weighted by molar-refractivity contribution is 5.91. The number of para-hydroxylation sites is 2. The molecule has 0 aromatic heterocycles. The molecule has 1 amide bonds. The van der Waals surface area contributed by atoms with Crippen LogP contribution in [0, 0.1) is 5.82 Å². The van der Waals surface area contributed by atoms with Gasteiger partial charge in [0, 0.05) is 12.7 Å². The van der Waals surface area contributed by atoms with E-state index in [9.17, 15) is 9.18 Å². The van der Waals surface area contributed by atoms with E-state index in [2.05, 4.69) is 5.32 Å². The van der Waals surface area contributed by atoms with Gasteiger partial charge >= 0.3 is 0 Å². The van der Waals surface area contributed by atoms with E-state index >= 15 is 0 Å². The Morgan fingerprint density at radius 2 is 2.14 bits per heavy atom. The summed E-state index contributed by atoms with van der Waals surface area (Å²) in [5.74, 6) is 0.294. The number of anilines is 2. The number of hydrogen-bond donors (Lipinski definition) is 1. The molecule has 1 unspecified atom stereocenters. The molecule has 1 aliphatic rings. The van der Waals surface area contributed by atoms with Crippen LogP contribution in [0.1, 0.15) is 6.42 Å². The largest absolute Gasteiger partial charge is 0.489 e. The number of nitrogens with zero attached hydrogens (tertiary/aromatic N) is 1. The molecule has 0 aliphatic carbocycles. The Bertz CT molecular complexity index is 690. The van der Waals surface area contributed by atoms with Gasteiger partial charge in [0.25, 0.3) is 0 Å². The maximum absolute atomic E-state index is 13.1. The van der Waals surface area contributed by atoms with Crippen LogP contribution in [0.25, 0.3) is 0 Å². The summed E-state index contributed by atoms with van der Waals surface area (Å²) >= 11 is 0. The number of amides is 1. The lowest BCUT2D eigenvalue weighted by molar-refractivity contribution is -0.116. The monoisotopic (exact) mass is 300 g/mol. The maximum Gasteiger partial charge on any atom is 0.226 e. The lowest BCUT2D eigenvalue weighted by atomic mass is 10.1. The number of carbonyl (C=O) groups is 1. The summed E-state index contributed by atoms with van der Waals surface area (Å²) in [6, 6.07) is 13.6. The van der Waals surface area contributed by atoms with Crippen LogP contribution in [0.2, 0.25) is 0 Å². The van der Waals surface area contributed by atoms with Gasteiger partial charge in [-0.2, -0.15) is 0 Å². The van der Waals surface area contributed by atoms with Crippen molar-refractivity contribution >= 4 is 17.3 Å². The number of benzene rings is 2. The zero-order valence-electron chi connectivity index (χ0n) is 12.3. The van der Waals surface area contributed by atoms with Gasteiger partial charge in [-0.05, 0) is 30.3 Å². The minimum atomic E-state index is -0.371. The summed E-state index contributed by atoms with van der Waals surface area (Å²) in [4.78, 5) is 14.2. The summed E-state index contributed by atoms with van der Waals surface area (Å²) in [5.41, 5.74) is 1.43. The first-order chi connectivity index (χ1) is 10.6. The average Bonchev–Trinajstić information content (AvgIpc) is 2.50. The second kappa shape index (κ2) is 6.05. The quantitative estimate of drug-likeness (QED) is 0.947. The fourth-order valence-corrected chi connectivity index (χ4v) is 2.55. The molecule has 0 fully saturated rings. The number of nitrogens with one attached hydrogen (secondary N) is 1. The van der Waals surface area contributed by atoms with Gasteiger partial charge in [-0.15, -0.1) is 0 Å². The SMILES string of the molecule is CN1c2ccccc2OCC1CC(=O)Nc1cccc(F)c1. The van der Waals surface area contributed by atoms with Gasteiger partial charge in [-0.25, -0.2) is 4.39 Å². The number of halogens is 1. The Morgan fingerprint density at radius 3 is 2.95 bits per heavy atom. The highest BCUT2D eigenvalue weighted by atomic mass is 19.1. The molecule has 0 saturated heterocycles. The number of rotatable bonds is 3. The van der Waals surface area contributed by atoms with Crippen molar-refractivity contribution in [3.63, 3.8) is 0 Å². The van der Waals surface area contributed by atoms with Crippen molar-refractivity contribution in [1.29, 1.82) is 0 Å². The zero-order chi connectivity index (χ0) is 15.5. The van der Waals surface area contributed by atoms with E-state index in [1.54, 1.807) is 12.1 Å². The van der Waals surface area contributed by atoms with Gasteiger partial charge in [0.1, 0.15) is 18.2 Å². The van der Waals surface area contributed by atoms with E-state index in [-0.39, 0.29) is 24.2 Å². The van der Waals surface area contributed by atoms with Crippen LogP contribution >= 0.6 is 0 Å². The summed E-state index contributed by atoms with van der Waals surface area (Å²) in [5, 5.41) is 2.71. The Balaban J connectivity index is 1.65. The van der Waals surface area contributed by atoms with E-state index < -0.39 is 0 Å². The fourth-order valence-electron chi connectivity index (χ4n) is 2.55. The Hall–Kier alpha value is -2.56. The van der Waals surface area contributed by atoms with Crippen molar-refractivity contribution in [3.8, 4) is 5.75 Å². The van der Waals surface area contributed by atoms with Crippen LogP contribution in [0.5, 0.6) is 5.75 Å². The molecule has 114 valence electrons. The molecule has 2 aromatic carbocycles. The summed E-state index contributed by atoms with van der Waals surface area (Å²) in [6.07, 6.45) is 0.279. The van der Waals surface area contributed by atoms with E-state index in [1.165, 1.54) is 12.1 Å².